The summed E-state index contributed by atoms with van der Waals surface area (Å²) in [5.74, 6) is 0.936. The standard InChI is InChI=1S/C20H25N5O3/c1-5-27-10-9-21-19(26)15-7-6-8-16(11-15)25-18(13(2)3)12-17(24-25)20-23-22-14(4)28-20/h6-8,11-13H,5,9-10H2,1-4H3,(H,21,26). The number of hydrogen-bond donors (Lipinski definition) is 1. The van der Waals surface area contributed by atoms with Gasteiger partial charge in [0.15, 0.2) is 0 Å². The highest BCUT2D eigenvalue weighted by Crippen LogP contribution is 2.25. The lowest BCUT2D eigenvalue weighted by molar-refractivity contribution is 0.0922. The smallest absolute Gasteiger partial charge is 0.268 e. The lowest BCUT2D eigenvalue weighted by atomic mass is 10.1. The quantitative estimate of drug-likeness (QED) is 0.601. The zero-order valence-electron chi connectivity index (χ0n) is 16.6. The number of carbonyl (C=O) groups excluding carboxylic acids is 1. The summed E-state index contributed by atoms with van der Waals surface area (Å²) in [7, 11) is 0. The molecule has 148 valence electrons. The lowest BCUT2D eigenvalue weighted by Crippen LogP contribution is -2.27. The molecule has 3 rings (SSSR count). The van der Waals surface area contributed by atoms with Gasteiger partial charge in [0.1, 0.15) is 5.69 Å². The monoisotopic (exact) mass is 383 g/mol. The van der Waals surface area contributed by atoms with Crippen LogP contribution < -0.4 is 5.32 Å². The molecular formula is C20H25N5O3. The van der Waals surface area contributed by atoms with Gasteiger partial charge in [0.25, 0.3) is 11.8 Å². The van der Waals surface area contributed by atoms with E-state index in [4.69, 9.17) is 9.15 Å². The van der Waals surface area contributed by atoms with Gasteiger partial charge in [-0.1, -0.05) is 19.9 Å². The van der Waals surface area contributed by atoms with Crippen molar-refractivity contribution in [2.24, 2.45) is 0 Å². The largest absolute Gasteiger partial charge is 0.420 e. The Morgan fingerprint density at radius 2 is 2.11 bits per heavy atom. The van der Waals surface area contributed by atoms with E-state index in [0.717, 1.165) is 11.4 Å². The maximum atomic E-state index is 12.4. The highest BCUT2D eigenvalue weighted by molar-refractivity contribution is 5.94. The molecule has 0 fully saturated rings. The number of rotatable bonds is 8. The van der Waals surface area contributed by atoms with Gasteiger partial charge in [-0.3, -0.25) is 4.79 Å². The van der Waals surface area contributed by atoms with E-state index < -0.39 is 0 Å². The first-order valence-corrected chi connectivity index (χ1v) is 9.36. The second kappa shape index (κ2) is 8.79. The van der Waals surface area contributed by atoms with Crippen LogP contribution in [-0.4, -0.2) is 45.6 Å². The third-order valence-corrected chi connectivity index (χ3v) is 4.16. The molecule has 1 amide bonds. The maximum Gasteiger partial charge on any atom is 0.268 e. The number of nitrogens with one attached hydrogen (secondary N) is 1. The second-order valence-electron chi connectivity index (χ2n) is 6.65. The minimum Gasteiger partial charge on any atom is -0.420 e. The number of carbonyl (C=O) groups is 1. The predicted molar refractivity (Wildman–Crippen MR) is 105 cm³/mol. The van der Waals surface area contributed by atoms with E-state index in [1.54, 1.807) is 13.0 Å². The van der Waals surface area contributed by atoms with Crippen molar-refractivity contribution in [1.29, 1.82) is 0 Å². The molecule has 0 saturated heterocycles. The Morgan fingerprint density at radius 3 is 2.79 bits per heavy atom. The zero-order valence-corrected chi connectivity index (χ0v) is 16.6. The van der Waals surface area contributed by atoms with E-state index in [1.165, 1.54) is 0 Å². The van der Waals surface area contributed by atoms with Crippen LogP contribution in [0.15, 0.2) is 34.7 Å². The minimum atomic E-state index is -0.146. The Morgan fingerprint density at radius 1 is 1.29 bits per heavy atom. The first kappa shape index (κ1) is 19.8. The van der Waals surface area contributed by atoms with Crippen LogP contribution in [0.4, 0.5) is 0 Å². The van der Waals surface area contributed by atoms with E-state index in [-0.39, 0.29) is 11.8 Å². The Kier molecular flexibility index (Phi) is 6.20. The molecular weight excluding hydrogens is 358 g/mol. The molecule has 0 aliphatic rings. The second-order valence-corrected chi connectivity index (χ2v) is 6.65. The summed E-state index contributed by atoms with van der Waals surface area (Å²) >= 11 is 0. The van der Waals surface area contributed by atoms with Crippen LogP contribution in [0.1, 0.15) is 48.6 Å². The van der Waals surface area contributed by atoms with Gasteiger partial charge in [0.2, 0.25) is 5.89 Å². The highest BCUT2D eigenvalue weighted by Gasteiger charge is 2.18. The fourth-order valence-corrected chi connectivity index (χ4v) is 2.78. The molecule has 0 radical (unpaired) electrons. The van der Waals surface area contributed by atoms with Gasteiger partial charge in [-0.05, 0) is 37.1 Å². The molecule has 0 saturated carbocycles. The van der Waals surface area contributed by atoms with Crippen molar-refractivity contribution >= 4 is 5.91 Å². The molecule has 0 aliphatic heterocycles. The van der Waals surface area contributed by atoms with Crippen LogP contribution in [0.5, 0.6) is 0 Å². The molecule has 1 aromatic carbocycles. The molecule has 0 atom stereocenters. The van der Waals surface area contributed by atoms with Crippen LogP contribution >= 0.6 is 0 Å². The number of ether oxygens (including phenoxy) is 1. The summed E-state index contributed by atoms with van der Waals surface area (Å²) in [5, 5.41) is 15.4. The normalized spacial score (nSPS) is 11.2. The van der Waals surface area contributed by atoms with Crippen LogP contribution in [0.2, 0.25) is 0 Å². The molecule has 28 heavy (non-hydrogen) atoms. The first-order valence-electron chi connectivity index (χ1n) is 9.36. The minimum absolute atomic E-state index is 0.146. The van der Waals surface area contributed by atoms with Gasteiger partial charge in [-0.25, -0.2) is 4.68 Å². The SMILES string of the molecule is CCOCCNC(=O)c1cccc(-n2nc(-c3nnc(C)o3)cc2C(C)C)c1. The summed E-state index contributed by atoms with van der Waals surface area (Å²) < 4.78 is 12.6. The van der Waals surface area contributed by atoms with Crippen LogP contribution in [0, 0.1) is 6.92 Å². The van der Waals surface area contributed by atoms with Crippen LogP contribution in [0.3, 0.4) is 0 Å². The summed E-state index contributed by atoms with van der Waals surface area (Å²) in [6.45, 7) is 9.42. The number of amides is 1. The maximum absolute atomic E-state index is 12.4. The molecule has 0 bridgehead atoms. The summed E-state index contributed by atoms with van der Waals surface area (Å²) in [4.78, 5) is 12.4. The lowest BCUT2D eigenvalue weighted by Gasteiger charge is -2.11. The molecule has 2 aromatic heterocycles. The van der Waals surface area contributed by atoms with Crippen molar-refractivity contribution in [3.8, 4) is 17.3 Å². The van der Waals surface area contributed by atoms with Crippen molar-refractivity contribution in [3.63, 3.8) is 0 Å². The number of hydrogen-bond acceptors (Lipinski definition) is 6. The van der Waals surface area contributed by atoms with Crippen LogP contribution in [0.25, 0.3) is 17.3 Å². The Labute approximate surface area is 163 Å². The van der Waals surface area contributed by atoms with Crippen molar-refractivity contribution in [2.75, 3.05) is 19.8 Å². The Bertz CT molecular complexity index is 945. The average molecular weight is 383 g/mol. The number of benzene rings is 1. The van der Waals surface area contributed by atoms with E-state index in [2.05, 4.69) is 34.5 Å². The van der Waals surface area contributed by atoms with Gasteiger partial charge in [0, 0.05) is 31.3 Å². The van der Waals surface area contributed by atoms with E-state index >= 15 is 0 Å². The van der Waals surface area contributed by atoms with Gasteiger partial charge >= 0.3 is 0 Å². The van der Waals surface area contributed by atoms with Gasteiger partial charge in [-0.15, -0.1) is 10.2 Å². The van der Waals surface area contributed by atoms with E-state index in [9.17, 15) is 4.79 Å². The topological polar surface area (TPSA) is 95.1 Å². The molecule has 1 N–H and O–H groups in total. The Balaban J connectivity index is 1.88. The van der Waals surface area contributed by atoms with Gasteiger partial charge < -0.3 is 14.5 Å². The number of aryl methyl sites for hydroxylation is 1. The van der Waals surface area contributed by atoms with E-state index in [0.29, 0.717) is 42.8 Å². The van der Waals surface area contributed by atoms with Crippen molar-refractivity contribution in [3.05, 3.63) is 47.5 Å². The summed E-state index contributed by atoms with van der Waals surface area (Å²) in [6.07, 6.45) is 0. The predicted octanol–water partition coefficient (Wildman–Crippen LogP) is 3.12. The fourth-order valence-electron chi connectivity index (χ4n) is 2.78. The number of nitrogens with zero attached hydrogens (tertiary/aromatic N) is 4. The van der Waals surface area contributed by atoms with Gasteiger partial charge in [-0.2, -0.15) is 5.10 Å². The molecule has 0 aliphatic carbocycles. The average Bonchev–Trinajstić information content (AvgIpc) is 3.31. The van der Waals surface area contributed by atoms with Crippen molar-refractivity contribution in [1.82, 2.24) is 25.3 Å². The summed E-state index contributed by atoms with van der Waals surface area (Å²) in [5.41, 5.74) is 2.95. The fraction of sp³-hybridized carbons (Fsp3) is 0.400. The summed E-state index contributed by atoms with van der Waals surface area (Å²) in [6, 6.07) is 9.29. The van der Waals surface area contributed by atoms with Crippen molar-refractivity contribution < 1.29 is 13.9 Å². The highest BCUT2D eigenvalue weighted by atomic mass is 16.5. The van der Waals surface area contributed by atoms with Crippen molar-refractivity contribution in [2.45, 2.75) is 33.6 Å². The first-order chi connectivity index (χ1) is 13.5. The molecule has 0 spiro atoms. The van der Waals surface area contributed by atoms with Gasteiger partial charge in [0.05, 0.1) is 12.3 Å². The molecule has 2 heterocycles. The third-order valence-electron chi connectivity index (χ3n) is 4.16. The molecule has 3 aromatic rings. The van der Waals surface area contributed by atoms with Crippen LogP contribution in [-0.2, 0) is 4.74 Å². The van der Waals surface area contributed by atoms with E-state index in [1.807, 2.05) is 35.9 Å². The Hall–Kier alpha value is -3.00. The molecule has 0 unspecified atom stereocenters. The zero-order chi connectivity index (χ0) is 20.1. The number of aromatic nitrogens is 4. The molecule has 8 nitrogen and oxygen atoms in total. The molecule has 8 heteroatoms. The third kappa shape index (κ3) is 4.45.